The fraction of sp³-hybridized carbons (Fsp3) is 0.118. The summed E-state index contributed by atoms with van der Waals surface area (Å²) in [4.78, 5) is 32.3. The molecule has 1 aromatic carbocycles. The second-order valence-electron chi connectivity index (χ2n) is 5.88. The maximum absolute atomic E-state index is 12.5. The predicted molar refractivity (Wildman–Crippen MR) is 94.3 cm³/mol. The van der Waals surface area contributed by atoms with Crippen LogP contribution in [-0.4, -0.2) is 36.6 Å². The molecule has 3 aromatic heterocycles. The molecule has 4 N–H and O–H groups in total. The van der Waals surface area contributed by atoms with Gasteiger partial charge in [0.15, 0.2) is 22.8 Å². The van der Waals surface area contributed by atoms with Gasteiger partial charge in [-0.1, -0.05) is 6.07 Å². The second kappa shape index (κ2) is 6.09. The van der Waals surface area contributed by atoms with E-state index in [-0.39, 0.29) is 29.3 Å². The van der Waals surface area contributed by atoms with Crippen LogP contribution >= 0.6 is 0 Å². The third kappa shape index (κ3) is 2.92. The quantitative estimate of drug-likeness (QED) is 0.490. The number of fused-ring (bicyclic) bond motifs is 2. The molecule has 0 aliphatic rings. The number of anilines is 1. The number of hydrogen-bond donors (Lipinski definition) is 3. The lowest BCUT2D eigenvalue weighted by atomic mass is 10.2. The largest absolute Gasteiger partial charge is 0.477 e. The number of nitrogen functional groups attached to an aromatic ring is 1. The van der Waals surface area contributed by atoms with E-state index in [1.165, 1.54) is 6.20 Å². The minimum absolute atomic E-state index is 0.0644. The van der Waals surface area contributed by atoms with E-state index < -0.39 is 11.9 Å². The highest BCUT2D eigenvalue weighted by Crippen LogP contribution is 2.17. The van der Waals surface area contributed by atoms with Crippen molar-refractivity contribution < 1.29 is 19.1 Å². The number of aromatic carboxylic acids is 1. The summed E-state index contributed by atoms with van der Waals surface area (Å²) < 4.78 is 6.49. The lowest BCUT2D eigenvalue weighted by Crippen LogP contribution is -2.25. The molecule has 0 aliphatic heterocycles. The lowest BCUT2D eigenvalue weighted by molar-refractivity contribution is 0.0687. The zero-order chi connectivity index (χ0) is 19.1. The van der Waals surface area contributed by atoms with Crippen molar-refractivity contribution in [3.63, 3.8) is 0 Å². The van der Waals surface area contributed by atoms with Gasteiger partial charge in [0.2, 0.25) is 0 Å². The fourth-order valence-corrected chi connectivity index (χ4v) is 2.72. The number of carbonyl (C=O) groups is 2. The summed E-state index contributed by atoms with van der Waals surface area (Å²) in [7, 11) is 0. The normalized spacial score (nSPS) is 11.1. The molecule has 3 heterocycles. The Hall–Kier alpha value is -3.95. The molecule has 0 bridgehead atoms. The number of rotatable bonds is 4. The van der Waals surface area contributed by atoms with Gasteiger partial charge in [0.25, 0.3) is 5.91 Å². The molecule has 4 rings (SSSR count). The van der Waals surface area contributed by atoms with Crippen molar-refractivity contribution in [2.75, 3.05) is 5.73 Å². The Morgan fingerprint density at radius 2 is 2.11 bits per heavy atom. The third-order valence-electron chi connectivity index (χ3n) is 3.96. The molecule has 0 aliphatic carbocycles. The van der Waals surface area contributed by atoms with Gasteiger partial charge in [-0.2, -0.15) is 5.10 Å². The monoisotopic (exact) mass is 366 g/mol. The molecule has 0 spiro atoms. The Labute approximate surface area is 151 Å². The van der Waals surface area contributed by atoms with Crippen LogP contribution in [0.15, 0.2) is 34.9 Å². The van der Waals surface area contributed by atoms with Crippen molar-refractivity contribution >= 4 is 34.3 Å². The number of carboxylic acid groups (broad SMARTS) is 1. The molecule has 0 radical (unpaired) electrons. The number of nitrogens with zero attached hydrogens (tertiary/aromatic N) is 4. The molecule has 0 saturated carbocycles. The zero-order valence-electron chi connectivity index (χ0n) is 14.1. The summed E-state index contributed by atoms with van der Waals surface area (Å²) in [6.07, 6.45) is 1.28. The van der Waals surface area contributed by atoms with Gasteiger partial charge >= 0.3 is 5.97 Å². The van der Waals surface area contributed by atoms with E-state index >= 15 is 0 Å². The Kier molecular flexibility index (Phi) is 3.73. The molecule has 27 heavy (non-hydrogen) atoms. The Bertz CT molecular complexity index is 1210. The van der Waals surface area contributed by atoms with Crippen LogP contribution in [0, 0.1) is 6.92 Å². The molecule has 1 amide bonds. The predicted octanol–water partition coefficient (Wildman–Crippen LogP) is 1.39. The summed E-state index contributed by atoms with van der Waals surface area (Å²) in [6, 6.07) is 6.54. The minimum Gasteiger partial charge on any atom is -0.477 e. The second-order valence-corrected chi connectivity index (χ2v) is 5.88. The van der Waals surface area contributed by atoms with Crippen LogP contribution in [-0.2, 0) is 6.54 Å². The summed E-state index contributed by atoms with van der Waals surface area (Å²) >= 11 is 0. The topological polar surface area (TPSA) is 149 Å². The highest BCUT2D eigenvalue weighted by atomic mass is 16.4. The molecule has 10 heteroatoms. The maximum Gasteiger partial charge on any atom is 0.354 e. The van der Waals surface area contributed by atoms with Crippen LogP contribution in [0.5, 0.6) is 0 Å². The Morgan fingerprint density at radius 3 is 2.89 bits per heavy atom. The number of hydrogen-bond acceptors (Lipinski definition) is 7. The van der Waals surface area contributed by atoms with Crippen molar-refractivity contribution in [3.8, 4) is 0 Å². The molecule has 0 unspecified atom stereocenters. The highest BCUT2D eigenvalue weighted by Gasteiger charge is 2.18. The number of oxazole rings is 1. The van der Waals surface area contributed by atoms with Crippen molar-refractivity contribution in [2.45, 2.75) is 13.5 Å². The van der Waals surface area contributed by atoms with Gasteiger partial charge in [0, 0.05) is 19.5 Å². The summed E-state index contributed by atoms with van der Waals surface area (Å²) in [6.45, 7) is 1.97. The number of nitrogens with two attached hydrogens (primary N) is 1. The van der Waals surface area contributed by atoms with E-state index in [1.54, 1.807) is 19.1 Å². The first-order chi connectivity index (χ1) is 12.9. The number of amides is 1. The maximum atomic E-state index is 12.5. The molecule has 0 saturated heterocycles. The van der Waals surface area contributed by atoms with Crippen molar-refractivity contribution in [2.24, 2.45) is 0 Å². The lowest BCUT2D eigenvalue weighted by Gasteiger charge is -2.07. The Balaban J connectivity index is 1.60. The van der Waals surface area contributed by atoms with Gasteiger partial charge in [0.05, 0.1) is 11.9 Å². The number of carbonyl (C=O) groups excluding carboxylic acids is 1. The van der Waals surface area contributed by atoms with Crippen LogP contribution in [0.25, 0.3) is 16.7 Å². The molecule has 136 valence electrons. The first-order valence-electron chi connectivity index (χ1n) is 7.94. The molecular weight excluding hydrogens is 352 g/mol. The van der Waals surface area contributed by atoms with Gasteiger partial charge in [-0.3, -0.25) is 4.79 Å². The molecule has 10 nitrogen and oxygen atoms in total. The zero-order valence-corrected chi connectivity index (χ0v) is 14.1. The molecular formula is C17H14N6O4. The Morgan fingerprint density at radius 1 is 1.30 bits per heavy atom. The first-order valence-corrected chi connectivity index (χ1v) is 7.94. The standard InChI is InChI=1S/C17H14N6O4/c1-8-21-11-4-9(2-3-14(11)27-8)6-19-16(24)12-5-13(17(25)26)23-15(22-12)10(18)7-20-23/h2-5,7H,6,18H2,1H3,(H,19,24)(H,25,26). The van der Waals surface area contributed by atoms with E-state index in [9.17, 15) is 14.7 Å². The van der Waals surface area contributed by atoms with Gasteiger partial charge in [0.1, 0.15) is 11.2 Å². The van der Waals surface area contributed by atoms with Crippen molar-refractivity contribution in [3.05, 3.63) is 53.3 Å². The third-order valence-corrected chi connectivity index (χ3v) is 3.96. The number of benzene rings is 1. The van der Waals surface area contributed by atoms with Crippen LogP contribution in [0.2, 0.25) is 0 Å². The van der Waals surface area contributed by atoms with E-state index in [4.69, 9.17) is 10.2 Å². The van der Waals surface area contributed by atoms with Crippen LogP contribution in [0.4, 0.5) is 5.69 Å². The number of aryl methyl sites for hydroxylation is 1. The van der Waals surface area contributed by atoms with Crippen LogP contribution in [0.3, 0.4) is 0 Å². The number of nitrogens with one attached hydrogen (secondary N) is 1. The van der Waals surface area contributed by atoms with E-state index in [0.29, 0.717) is 17.0 Å². The minimum atomic E-state index is -1.24. The van der Waals surface area contributed by atoms with Gasteiger partial charge in [-0.15, -0.1) is 0 Å². The van der Waals surface area contributed by atoms with Crippen LogP contribution in [0.1, 0.15) is 32.4 Å². The average Bonchev–Trinajstić information content (AvgIpc) is 3.20. The van der Waals surface area contributed by atoms with Gasteiger partial charge < -0.3 is 20.6 Å². The summed E-state index contributed by atoms with van der Waals surface area (Å²) in [5.74, 6) is -1.22. The summed E-state index contributed by atoms with van der Waals surface area (Å²) in [5.41, 5.74) is 7.94. The SMILES string of the molecule is Cc1nc2cc(CNC(=O)c3cc(C(=O)O)n4ncc(N)c4n3)ccc2o1. The highest BCUT2D eigenvalue weighted by molar-refractivity contribution is 5.96. The fourth-order valence-electron chi connectivity index (χ4n) is 2.72. The van der Waals surface area contributed by atoms with E-state index in [2.05, 4.69) is 20.4 Å². The first kappa shape index (κ1) is 16.5. The smallest absolute Gasteiger partial charge is 0.354 e. The van der Waals surface area contributed by atoms with Crippen molar-refractivity contribution in [1.29, 1.82) is 0 Å². The number of carboxylic acids is 1. The van der Waals surface area contributed by atoms with E-state index in [0.717, 1.165) is 16.1 Å². The summed E-state index contributed by atoms with van der Waals surface area (Å²) in [5, 5.41) is 15.9. The molecule has 0 fully saturated rings. The van der Waals surface area contributed by atoms with E-state index in [1.807, 2.05) is 6.07 Å². The van der Waals surface area contributed by atoms with Crippen LogP contribution < -0.4 is 11.1 Å². The molecule has 0 atom stereocenters. The van der Waals surface area contributed by atoms with Gasteiger partial charge in [-0.25, -0.2) is 19.3 Å². The van der Waals surface area contributed by atoms with Gasteiger partial charge in [-0.05, 0) is 17.7 Å². The average molecular weight is 366 g/mol. The van der Waals surface area contributed by atoms with Crippen molar-refractivity contribution in [1.82, 2.24) is 24.9 Å². The number of aromatic nitrogens is 4. The molecule has 4 aromatic rings.